The number of aryl methyl sites for hydroxylation is 1. The summed E-state index contributed by atoms with van der Waals surface area (Å²) in [5, 5.41) is 7.24. The monoisotopic (exact) mass is 407 g/mol. The molecule has 30 heavy (non-hydrogen) atoms. The van der Waals surface area contributed by atoms with Crippen LogP contribution in [0.25, 0.3) is 11.3 Å². The molecule has 0 radical (unpaired) electrons. The number of benzene rings is 2. The fourth-order valence-corrected chi connectivity index (χ4v) is 3.10. The maximum Gasteiger partial charge on any atom is 0.266 e. The molecule has 1 aromatic heterocycles. The predicted molar refractivity (Wildman–Crippen MR) is 110 cm³/mol. The number of nitrogens with one attached hydrogen (secondary N) is 1. The van der Waals surface area contributed by atoms with Crippen molar-refractivity contribution in [2.75, 3.05) is 13.9 Å². The topological polar surface area (TPSA) is 91.7 Å². The van der Waals surface area contributed by atoms with Crippen molar-refractivity contribution in [2.45, 2.75) is 19.5 Å². The molecule has 8 heteroatoms. The number of hydrogen-bond acceptors (Lipinski definition) is 6. The van der Waals surface area contributed by atoms with Crippen LogP contribution in [0.2, 0.25) is 0 Å². The van der Waals surface area contributed by atoms with Gasteiger partial charge in [-0.2, -0.15) is 5.10 Å². The minimum atomic E-state index is -0.264. The third kappa shape index (κ3) is 4.43. The number of ether oxygens (including phenoxy) is 3. The molecule has 8 nitrogen and oxygen atoms in total. The maximum atomic E-state index is 12.2. The number of methoxy groups -OCH3 is 1. The first-order chi connectivity index (χ1) is 14.6. The molecule has 0 bridgehead atoms. The molecule has 1 aliphatic heterocycles. The van der Waals surface area contributed by atoms with E-state index in [9.17, 15) is 9.59 Å². The van der Waals surface area contributed by atoms with Crippen molar-refractivity contribution in [3.8, 4) is 28.5 Å². The highest BCUT2D eigenvalue weighted by molar-refractivity contribution is 5.75. The van der Waals surface area contributed by atoms with E-state index in [1.54, 1.807) is 19.2 Å². The average Bonchev–Trinajstić information content (AvgIpc) is 3.25. The Morgan fingerprint density at radius 3 is 2.87 bits per heavy atom. The van der Waals surface area contributed by atoms with Crippen molar-refractivity contribution in [2.24, 2.45) is 0 Å². The number of nitrogens with zero attached hydrogens (tertiary/aromatic N) is 2. The van der Waals surface area contributed by atoms with Gasteiger partial charge in [0.05, 0.1) is 19.3 Å². The number of amides is 1. The van der Waals surface area contributed by atoms with Crippen LogP contribution in [0.1, 0.15) is 12.0 Å². The molecule has 3 aromatic rings. The normalized spacial score (nSPS) is 11.9. The van der Waals surface area contributed by atoms with Gasteiger partial charge in [0.1, 0.15) is 5.75 Å². The summed E-state index contributed by atoms with van der Waals surface area (Å²) in [6.07, 6.45) is 0.140. The number of carbonyl (C=O) groups is 1. The smallest absolute Gasteiger partial charge is 0.266 e. The van der Waals surface area contributed by atoms with Crippen LogP contribution in [0.4, 0.5) is 0 Å². The molecule has 2 heterocycles. The van der Waals surface area contributed by atoms with Gasteiger partial charge in [0.2, 0.25) is 12.7 Å². The van der Waals surface area contributed by atoms with Crippen LogP contribution in [0.3, 0.4) is 0 Å². The van der Waals surface area contributed by atoms with Gasteiger partial charge in [0.15, 0.2) is 11.5 Å². The molecule has 154 valence electrons. The molecule has 0 aliphatic carbocycles. The lowest BCUT2D eigenvalue weighted by molar-refractivity contribution is -0.121. The van der Waals surface area contributed by atoms with Crippen molar-refractivity contribution >= 4 is 5.91 Å². The molecule has 0 atom stereocenters. The van der Waals surface area contributed by atoms with Crippen molar-refractivity contribution in [3.05, 3.63) is 70.5 Å². The Morgan fingerprint density at radius 1 is 1.13 bits per heavy atom. The molecule has 2 aromatic carbocycles. The Morgan fingerprint density at radius 2 is 2.00 bits per heavy atom. The minimum absolute atomic E-state index is 0.140. The Labute approximate surface area is 173 Å². The summed E-state index contributed by atoms with van der Waals surface area (Å²) in [6.45, 7) is 0.757. The van der Waals surface area contributed by atoms with E-state index in [0.29, 0.717) is 23.7 Å². The SMILES string of the molecule is COc1cccc(CNC(=O)CCn2nc(-c3ccc4c(c3)OCO4)ccc2=O)c1. The molecular formula is C22H21N3O5. The van der Waals surface area contributed by atoms with Crippen molar-refractivity contribution < 1.29 is 19.0 Å². The van der Waals surface area contributed by atoms with E-state index in [0.717, 1.165) is 16.9 Å². The van der Waals surface area contributed by atoms with E-state index in [-0.39, 0.29) is 31.2 Å². The molecule has 0 unspecified atom stereocenters. The predicted octanol–water partition coefficient (Wildman–Crippen LogP) is 2.35. The number of aromatic nitrogens is 2. The highest BCUT2D eigenvalue weighted by atomic mass is 16.7. The zero-order valence-electron chi connectivity index (χ0n) is 16.5. The first kappa shape index (κ1) is 19.5. The molecule has 0 saturated carbocycles. The molecule has 0 fully saturated rings. The lowest BCUT2D eigenvalue weighted by atomic mass is 10.1. The molecule has 1 N–H and O–H groups in total. The number of fused-ring (bicyclic) bond motifs is 1. The molecule has 4 rings (SSSR count). The van der Waals surface area contributed by atoms with Crippen LogP contribution >= 0.6 is 0 Å². The molecular weight excluding hydrogens is 386 g/mol. The van der Waals surface area contributed by atoms with Crippen molar-refractivity contribution in [1.29, 1.82) is 0 Å². The lowest BCUT2D eigenvalue weighted by Crippen LogP contribution is -2.28. The fraction of sp³-hybridized carbons (Fsp3) is 0.227. The van der Waals surface area contributed by atoms with Gasteiger partial charge in [0.25, 0.3) is 5.56 Å². The fourth-order valence-electron chi connectivity index (χ4n) is 3.10. The second kappa shape index (κ2) is 8.69. The summed E-state index contributed by atoms with van der Waals surface area (Å²) in [6, 6.07) is 16.1. The second-order valence-corrected chi connectivity index (χ2v) is 6.73. The zero-order chi connectivity index (χ0) is 20.9. The third-order valence-corrected chi connectivity index (χ3v) is 4.71. The summed E-state index contributed by atoms with van der Waals surface area (Å²) < 4.78 is 17.2. The number of carbonyl (C=O) groups excluding carboxylic acids is 1. The van der Waals surface area contributed by atoms with Gasteiger partial charge in [-0.05, 0) is 42.0 Å². The van der Waals surface area contributed by atoms with Crippen molar-refractivity contribution in [1.82, 2.24) is 15.1 Å². The summed E-state index contributed by atoms with van der Waals surface area (Å²) in [5.74, 6) is 1.89. The quantitative estimate of drug-likeness (QED) is 0.647. The van der Waals surface area contributed by atoms with Crippen LogP contribution < -0.4 is 25.1 Å². The first-order valence-electron chi connectivity index (χ1n) is 9.50. The van der Waals surface area contributed by atoms with Gasteiger partial charge in [-0.3, -0.25) is 9.59 Å². The van der Waals surface area contributed by atoms with E-state index in [2.05, 4.69) is 10.4 Å². The second-order valence-electron chi connectivity index (χ2n) is 6.73. The summed E-state index contributed by atoms with van der Waals surface area (Å²) in [7, 11) is 1.60. The highest BCUT2D eigenvalue weighted by Crippen LogP contribution is 2.35. The van der Waals surface area contributed by atoms with E-state index in [1.807, 2.05) is 36.4 Å². The third-order valence-electron chi connectivity index (χ3n) is 4.71. The minimum Gasteiger partial charge on any atom is -0.497 e. The van der Waals surface area contributed by atoms with Gasteiger partial charge in [0, 0.05) is 24.6 Å². The molecule has 0 spiro atoms. The Hall–Kier alpha value is -3.81. The Bertz CT molecular complexity index is 1130. The first-order valence-corrected chi connectivity index (χ1v) is 9.50. The standard InChI is InChI=1S/C22H21N3O5/c1-28-17-4-2-3-15(11-17)13-23-21(26)9-10-25-22(27)8-6-18(24-25)16-5-7-19-20(12-16)30-14-29-19/h2-8,11-12H,9-10,13-14H2,1H3,(H,23,26). The number of rotatable bonds is 7. The maximum absolute atomic E-state index is 12.2. The molecule has 0 saturated heterocycles. The summed E-state index contributed by atoms with van der Waals surface area (Å²) in [5.41, 5.74) is 2.09. The molecule has 1 amide bonds. The summed E-state index contributed by atoms with van der Waals surface area (Å²) >= 11 is 0. The van der Waals surface area contributed by atoms with Gasteiger partial charge in [-0.15, -0.1) is 0 Å². The number of hydrogen-bond donors (Lipinski definition) is 1. The van der Waals surface area contributed by atoms with E-state index in [1.165, 1.54) is 10.7 Å². The zero-order valence-corrected chi connectivity index (χ0v) is 16.5. The molecule has 1 aliphatic rings. The van der Waals surface area contributed by atoms with Gasteiger partial charge >= 0.3 is 0 Å². The van der Waals surface area contributed by atoms with E-state index >= 15 is 0 Å². The van der Waals surface area contributed by atoms with Gasteiger partial charge in [-0.25, -0.2) is 4.68 Å². The van der Waals surface area contributed by atoms with Gasteiger partial charge < -0.3 is 19.5 Å². The highest BCUT2D eigenvalue weighted by Gasteiger charge is 2.15. The van der Waals surface area contributed by atoms with Crippen LogP contribution in [0, 0.1) is 0 Å². The van der Waals surface area contributed by atoms with Crippen LogP contribution in [-0.2, 0) is 17.9 Å². The van der Waals surface area contributed by atoms with Crippen LogP contribution in [-0.4, -0.2) is 29.6 Å². The van der Waals surface area contributed by atoms with E-state index in [4.69, 9.17) is 14.2 Å². The van der Waals surface area contributed by atoms with Crippen LogP contribution in [0.5, 0.6) is 17.2 Å². The Balaban J connectivity index is 1.39. The lowest BCUT2D eigenvalue weighted by Gasteiger charge is -2.09. The van der Waals surface area contributed by atoms with Crippen molar-refractivity contribution in [3.63, 3.8) is 0 Å². The largest absolute Gasteiger partial charge is 0.497 e. The Kier molecular flexibility index (Phi) is 5.65. The van der Waals surface area contributed by atoms with Crippen LogP contribution in [0.15, 0.2) is 59.4 Å². The average molecular weight is 407 g/mol. The van der Waals surface area contributed by atoms with Gasteiger partial charge in [-0.1, -0.05) is 12.1 Å². The van der Waals surface area contributed by atoms with E-state index < -0.39 is 0 Å². The summed E-state index contributed by atoms with van der Waals surface area (Å²) in [4.78, 5) is 24.4.